The number of benzene rings is 1. The van der Waals surface area contributed by atoms with Gasteiger partial charge in [-0.2, -0.15) is 0 Å². The second-order valence-electron chi connectivity index (χ2n) is 3.45. The van der Waals surface area contributed by atoms with Crippen LogP contribution < -0.4 is 10.5 Å². The van der Waals surface area contributed by atoms with E-state index in [4.69, 9.17) is 22.1 Å². The molecule has 1 aromatic carbocycles. The van der Waals surface area contributed by atoms with Crippen LogP contribution >= 0.6 is 11.6 Å². The van der Waals surface area contributed by atoms with Crippen molar-refractivity contribution in [1.82, 2.24) is 0 Å². The number of rotatable bonds is 4. The van der Waals surface area contributed by atoms with Gasteiger partial charge >= 0.3 is 0 Å². The van der Waals surface area contributed by atoms with Crippen LogP contribution in [0.5, 0.6) is 11.5 Å². The van der Waals surface area contributed by atoms with Crippen molar-refractivity contribution in [3.8, 4) is 11.5 Å². The molecule has 0 bridgehead atoms. The zero-order chi connectivity index (χ0) is 11.4. The molecule has 0 spiro atoms. The van der Waals surface area contributed by atoms with E-state index in [2.05, 4.69) is 6.92 Å². The molecule has 4 heteroatoms. The number of hydrogen-bond donors (Lipinski definition) is 2. The summed E-state index contributed by atoms with van der Waals surface area (Å²) in [5.41, 5.74) is 6.84. The molecule has 0 radical (unpaired) electrons. The molecule has 84 valence electrons. The fourth-order valence-corrected chi connectivity index (χ4v) is 1.66. The van der Waals surface area contributed by atoms with Crippen LogP contribution in [0.4, 0.5) is 0 Å². The average molecular weight is 230 g/mol. The Balaban J connectivity index is 3.05. The molecule has 0 unspecified atom stereocenters. The fraction of sp³-hybridized carbons (Fsp3) is 0.455. The van der Waals surface area contributed by atoms with Crippen LogP contribution in [0.2, 0.25) is 5.02 Å². The molecule has 0 aliphatic carbocycles. The Kier molecular flexibility index (Phi) is 4.24. The average Bonchev–Trinajstić information content (AvgIpc) is 2.22. The van der Waals surface area contributed by atoms with Crippen molar-refractivity contribution >= 4 is 11.6 Å². The first-order valence-electron chi connectivity index (χ1n) is 4.92. The Morgan fingerprint density at radius 1 is 1.53 bits per heavy atom. The summed E-state index contributed by atoms with van der Waals surface area (Å²) in [6.07, 6.45) is 1.88. The third kappa shape index (κ3) is 2.76. The Bertz CT molecular complexity index is 342. The van der Waals surface area contributed by atoms with Gasteiger partial charge in [0.15, 0.2) is 11.5 Å². The van der Waals surface area contributed by atoms with Gasteiger partial charge in [-0.1, -0.05) is 24.9 Å². The van der Waals surface area contributed by atoms with Gasteiger partial charge < -0.3 is 15.6 Å². The van der Waals surface area contributed by atoms with Crippen molar-refractivity contribution in [3.05, 3.63) is 22.7 Å². The van der Waals surface area contributed by atoms with Crippen LogP contribution in [-0.4, -0.2) is 12.2 Å². The van der Waals surface area contributed by atoms with Gasteiger partial charge in [0.2, 0.25) is 0 Å². The first-order chi connectivity index (χ1) is 7.10. The van der Waals surface area contributed by atoms with Gasteiger partial charge in [-0.3, -0.25) is 0 Å². The van der Waals surface area contributed by atoms with Gasteiger partial charge in [0.05, 0.1) is 12.1 Å². The van der Waals surface area contributed by atoms with Crippen LogP contribution in [0, 0.1) is 0 Å². The summed E-state index contributed by atoms with van der Waals surface area (Å²) in [5.74, 6) is 0.329. The van der Waals surface area contributed by atoms with Gasteiger partial charge in [-0.05, 0) is 24.1 Å². The highest BCUT2D eigenvalue weighted by molar-refractivity contribution is 6.32. The summed E-state index contributed by atoms with van der Waals surface area (Å²) in [6.45, 7) is 2.07. The number of aromatic hydroxyl groups is 1. The second-order valence-corrected chi connectivity index (χ2v) is 3.86. The lowest BCUT2D eigenvalue weighted by atomic mass is 10.0. The third-order valence-electron chi connectivity index (χ3n) is 2.30. The number of ether oxygens (including phenoxy) is 1. The van der Waals surface area contributed by atoms with E-state index in [9.17, 15) is 5.11 Å². The summed E-state index contributed by atoms with van der Waals surface area (Å²) in [4.78, 5) is 0. The van der Waals surface area contributed by atoms with E-state index in [0.717, 1.165) is 18.4 Å². The maximum absolute atomic E-state index is 9.54. The van der Waals surface area contributed by atoms with Crippen molar-refractivity contribution < 1.29 is 9.84 Å². The maximum Gasteiger partial charge on any atom is 0.176 e. The molecule has 3 N–H and O–H groups in total. The van der Waals surface area contributed by atoms with Gasteiger partial charge in [0, 0.05) is 6.04 Å². The molecule has 0 aliphatic heterocycles. The Labute approximate surface area is 94.8 Å². The molecular formula is C11H16ClNO2. The smallest absolute Gasteiger partial charge is 0.176 e. The van der Waals surface area contributed by atoms with Crippen LogP contribution in [0.15, 0.2) is 12.1 Å². The number of phenols is 1. The predicted octanol–water partition coefficient (Wildman–Crippen LogP) is 2.85. The zero-order valence-electron chi connectivity index (χ0n) is 8.96. The van der Waals surface area contributed by atoms with E-state index in [1.165, 1.54) is 7.11 Å². The minimum absolute atomic E-state index is 0.0355. The van der Waals surface area contributed by atoms with Crippen LogP contribution in [0.25, 0.3) is 0 Å². The molecule has 0 fully saturated rings. The summed E-state index contributed by atoms with van der Waals surface area (Å²) < 4.78 is 5.00. The lowest BCUT2D eigenvalue weighted by Crippen LogP contribution is -2.09. The topological polar surface area (TPSA) is 55.5 Å². The molecule has 15 heavy (non-hydrogen) atoms. The summed E-state index contributed by atoms with van der Waals surface area (Å²) in [7, 11) is 1.49. The molecule has 0 saturated carbocycles. The van der Waals surface area contributed by atoms with Crippen molar-refractivity contribution in [2.75, 3.05) is 7.11 Å². The third-order valence-corrected chi connectivity index (χ3v) is 2.59. The van der Waals surface area contributed by atoms with Gasteiger partial charge in [-0.25, -0.2) is 0 Å². The summed E-state index contributed by atoms with van der Waals surface area (Å²) in [5, 5.41) is 9.81. The van der Waals surface area contributed by atoms with Crippen molar-refractivity contribution in [3.63, 3.8) is 0 Å². The van der Waals surface area contributed by atoms with Crippen molar-refractivity contribution in [2.24, 2.45) is 5.73 Å². The van der Waals surface area contributed by atoms with Gasteiger partial charge in [0.25, 0.3) is 0 Å². The van der Waals surface area contributed by atoms with Crippen molar-refractivity contribution in [1.29, 1.82) is 0 Å². The van der Waals surface area contributed by atoms with Crippen LogP contribution in [0.1, 0.15) is 31.4 Å². The minimum atomic E-state index is -0.0676. The Morgan fingerprint density at radius 3 is 2.73 bits per heavy atom. The normalized spacial score (nSPS) is 12.5. The zero-order valence-corrected chi connectivity index (χ0v) is 9.71. The monoisotopic (exact) mass is 229 g/mol. The standard InChI is InChI=1S/C11H16ClNO2/c1-3-4-9(13)7-5-8(12)11(14)10(6-7)15-2/h5-6,9,14H,3-4,13H2,1-2H3/t9-/m0/s1. The fourth-order valence-electron chi connectivity index (χ4n) is 1.44. The van der Waals surface area contributed by atoms with E-state index < -0.39 is 0 Å². The van der Waals surface area contributed by atoms with Gasteiger partial charge in [0.1, 0.15) is 0 Å². The number of halogens is 1. The Morgan fingerprint density at radius 2 is 2.20 bits per heavy atom. The highest BCUT2D eigenvalue weighted by atomic mass is 35.5. The molecule has 0 heterocycles. The predicted molar refractivity (Wildman–Crippen MR) is 61.5 cm³/mol. The molecule has 0 saturated heterocycles. The SMILES string of the molecule is CCC[C@H](N)c1cc(Cl)c(O)c(OC)c1. The number of nitrogens with two attached hydrogens (primary N) is 1. The molecular weight excluding hydrogens is 214 g/mol. The lowest BCUT2D eigenvalue weighted by molar-refractivity contribution is 0.372. The molecule has 0 aliphatic rings. The Hall–Kier alpha value is -0.930. The molecule has 1 aromatic rings. The quantitative estimate of drug-likeness (QED) is 0.835. The van der Waals surface area contributed by atoms with Gasteiger partial charge in [-0.15, -0.1) is 0 Å². The summed E-state index contributed by atoms with van der Waals surface area (Å²) >= 11 is 5.86. The van der Waals surface area contributed by atoms with Crippen molar-refractivity contribution in [2.45, 2.75) is 25.8 Å². The maximum atomic E-state index is 9.54. The number of methoxy groups -OCH3 is 1. The van der Waals surface area contributed by atoms with E-state index in [0.29, 0.717) is 5.75 Å². The first-order valence-corrected chi connectivity index (χ1v) is 5.29. The molecule has 1 rings (SSSR count). The van der Waals surface area contributed by atoms with Crippen LogP contribution in [0.3, 0.4) is 0 Å². The van der Waals surface area contributed by atoms with E-state index in [1.54, 1.807) is 12.1 Å². The number of phenolic OH excluding ortho intramolecular Hbond substituents is 1. The number of hydrogen-bond acceptors (Lipinski definition) is 3. The van der Waals surface area contributed by atoms with E-state index >= 15 is 0 Å². The largest absolute Gasteiger partial charge is 0.503 e. The highest BCUT2D eigenvalue weighted by Gasteiger charge is 2.12. The molecule has 0 amide bonds. The minimum Gasteiger partial charge on any atom is -0.503 e. The molecule has 1 atom stereocenters. The highest BCUT2D eigenvalue weighted by Crippen LogP contribution is 2.36. The molecule has 3 nitrogen and oxygen atoms in total. The van der Waals surface area contributed by atoms with E-state index in [-0.39, 0.29) is 16.8 Å². The van der Waals surface area contributed by atoms with E-state index in [1.807, 2.05) is 0 Å². The second kappa shape index (κ2) is 5.24. The summed E-state index contributed by atoms with van der Waals surface area (Å²) in [6, 6.07) is 3.34. The van der Waals surface area contributed by atoms with Crippen LogP contribution in [-0.2, 0) is 0 Å². The lowest BCUT2D eigenvalue weighted by Gasteiger charge is -2.13. The first kappa shape index (κ1) is 12.1. The molecule has 0 aromatic heterocycles.